The summed E-state index contributed by atoms with van der Waals surface area (Å²) < 4.78 is 5.54. The van der Waals surface area contributed by atoms with E-state index in [0.717, 1.165) is 16.1 Å². The van der Waals surface area contributed by atoms with Gasteiger partial charge in [0.05, 0.1) is 18.8 Å². The number of aryl methyl sites for hydroxylation is 1. The number of nitrogens with two attached hydrogens (primary N) is 1. The molecule has 2 N–H and O–H groups in total. The lowest BCUT2D eigenvalue weighted by Crippen LogP contribution is -2.32. The summed E-state index contributed by atoms with van der Waals surface area (Å²) in [6.07, 6.45) is 0.0691. The van der Waals surface area contributed by atoms with Gasteiger partial charge in [-0.1, -0.05) is 17.7 Å². The molecule has 14 heavy (non-hydrogen) atoms. The summed E-state index contributed by atoms with van der Waals surface area (Å²) in [6.45, 7) is 4.63. The van der Waals surface area contributed by atoms with E-state index in [-0.39, 0.29) is 12.1 Å². The molecule has 1 aliphatic heterocycles. The van der Waals surface area contributed by atoms with E-state index in [1.807, 2.05) is 19.1 Å². The third kappa shape index (κ3) is 1.44. The first-order chi connectivity index (χ1) is 6.61. The first-order valence-electron chi connectivity index (χ1n) is 4.76. The van der Waals surface area contributed by atoms with Crippen molar-refractivity contribution in [1.82, 2.24) is 0 Å². The molecule has 0 spiro atoms. The van der Waals surface area contributed by atoms with Crippen LogP contribution in [0.5, 0.6) is 0 Å². The highest BCUT2D eigenvalue weighted by atomic mass is 35.5. The Bertz CT molecular complexity index is 365. The van der Waals surface area contributed by atoms with E-state index in [4.69, 9.17) is 22.1 Å². The second kappa shape index (κ2) is 3.54. The van der Waals surface area contributed by atoms with E-state index in [2.05, 4.69) is 6.92 Å². The Labute approximate surface area is 89.0 Å². The van der Waals surface area contributed by atoms with E-state index in [1.165, 1.54) is 5.56 Å². The maximum Gasteiger partial charge on any atom is 0.0744 e. The highest BCUT2D eigenvalue weighted by Crippen LogP contribution is 2.34. The molecule has 2 rings (SSSR count). The summed E-state index contributed by atoms with van der Waals surface area (Å²) in [7, 11) is 0. The number of halogens is 1. The van der Waals surface area contributed by atoms with Crippen LogP contribution in [0, 0.1) is 6.92 Å². The van der Waals surface area contributed by atoms with Crippen molar-refractivity contribution in [3.05, 3.63) is 33.8 Å². The van der Waals surface area contributed by atoms with Crippen LogP contribution in [0.4, 0.5) is 0 Å². The molecule has 0 amide bonds. The average Bonchev–Trinajstić information content (AvgIpc) is 2.16. The van der Waals surface area contributed by atoms with Crippen LogP contribution in [0.3, 0.4) is 0 Å². The molecule has 0 saturated carbocycles. The van der Waals surface area contributed by atoms with Crippen molar-refractivity contribution >= 4 is 11.6 Å². The minimum absolute atomic E-state index is 0.0579. The van der Waals surface area contributed by atoms with Crippen LogP contribution < -0.4 is 5.73 Å². The average molecular weight is 212 g/mol. The molecule has 0 bridgehead atoms. The minimum atomic E-state index is -0.0579. The van der Waals surface area contributed by atoms with Crippen molar-refractivity contribution in [2.45, 2.75) is 32.6 Å². The zero-order chi connectivity index (χ0) is 10.3. The van der Waals surface area contributed by atoms with Crippen molar-refractivity contribution in [3.8, 4) is 0 Å². The number of rotatable bonds is 0. The predicted molar refractivity (Wildman–Crippen MR) is 57.4 cm³/mol. The molecule has 1 heterocycles. The molecule has 0 fully saturated rings. The molecule has 76 valence electrons. The van der Waals surface area contributed by atoms with Crippen molar-refractivity contribution < 1.29 is 4.74 Å². The minimum Gasteiger partial charge on any atom is -0.372 e. The van der Waals surface area contributed by atoms with Gasteiger partial charge < -0.3 is 10.5 Å². The second-order valence-corrected chi connectivity index (χ2v) is 4.21. The van der Waals surface area contributed by atoms with E-state index < -0.39 is 0 Å². The standard InChI is InChI=1S/C11H14ClNO/c1-6-3-4-9(12)8-5-14-7(2)11(13)10(6)8/h3-4,7,11H,5,13H2,1-2H3/t7-,11+/m0/s1. The van der Waals surface area contributed by atoms with Crippen LogP contribution in [0.15, 0.2) is 12.1 Å². The Kier molecular flexibility index (Phi) is 2.52. The Morgan fingerprint density at radius 1 is 1.50 bits per heavy atom. The van der Waals surface area contributed by atoms with Crippen molar-refractivity contribution in [3.63, 3.8) is 0 Å². The molecule has 0 aliphatic carbocycles. The predicted octanol–water partition coefficient (Wildman–Crippen LogP) is 2.57. The van der Waals surface area contributed by atoms with E-state index in [0.29, 0.717) is 6.61 Å². The summed E-state index contributed by atoms with van der Waals surface area (Å²) >= 11 is 6.09. The summed E-state index contributed by atoms with van der Waals surface area (Å²) in [5.74, 6) is 0. The Morgan fingerprint density at radius 3 is 2.93 bits per heavy atom. The molecule has 0 saturated heterocycles. The zero-order valence-corrected chi connectivity index (χ0v) is 9.14. The molecular formula is C11H14ClNO. The fourth-order valence-electron chi connectivity index (χ4n) is 1.92. The molecule has 3 heteroatoms. The third-order valence-electron chi connectivity index (χ3n) is 2.85. The lowest BCUT2D eigenvalue weighted by Gasteiger charge is -2.30. The Hall–Kier alpha value is -0.570. The molecule has 2 atom stereocenters. The maximum atomic E-state index is 6.09. The van der Waals surface area contributed by atoms with Gasteiger partial charge in [0.2, 0.25) is 0 Å². The highest BCUT2D eigenvalue weighted by Gasteiger charge is 2.26. The van der Waals surface area contributed by atoms with Crippen LogP contribution in [0.1, 0.15) is 29.7 Å². The number of benzene rings is 1. The number of fused-ring (bicyclic) bond motifs is 1. The maximum absolute atomic E-state index is 6.09. The monoisotopic (exact) mass is 211 g/mol. The van der Waals surface area contributed by atoms with Gasteiger partial charge in [-0.25, -0.2) is 0 Å². The van der Waals surface area contributed by atoms with Crippen LogP contribution in [0.25, 0.3) is 0 Å². The second-order valence-electron chi connectivity index (χ2n) is 3.80. The van der Waals surface area contributed by atoms with Crippen LogP contribution in [0.2, 0.25) is 5.02 Å². The van der Waals surface area contributed by atoms with Gasteiger partial charge in [0.1, 0.15) is 0 Å². The normalized spacial score (nSPS) is 26.0. The van der Waals surface area contributed by atoms with Gasteiger partial charge in [-0.15, -0.1) is 0 Å². The van der Waals surface area contributed by atoms with Crippen molar-refractivity contribution in [1.29, 1.82) is 0 Å². The van der Waals surface area contributed by atoms with Crippen molar-refractivity contribution in [2.75, 3.05) is 0 Å². The van der Waals surface area contributed by atoms with Gasteiger partial charge in [0, 0.05) is 10.6 Å². The zero-order valence-electron chi connectivity index (χ0n) is 8.38. The highest BCUT2D eigenvalue weighted by molar-refractivity contribution is 6.31. The lowest BCUT2D eigenvalue weighted by molar-refractivity contribution is 0.0212. The number of ether oxygens (including phenoxy) is 1. The van der Waals surface area contributed by atoms with E-state index in [1.54, 1.807) is 0 Å². The lowest BCUT2D eigenvalue weighted by atomic mass is 9.91. The smallest absolute Gasteiger partial charge is 0.0744 e. The summed E-state index contributed by atoms with van der Waals surface area (Å²) in [4.78, 5) is 0. The molecule has 0 radical (unpaired) electrons. The van der Waals surface area contributed by atoms with Gasteiger partial charge in [-0.3, -0.25) is 0 Å². The van der Waals surface area contributed by atoms with Gasteiger partial charge in [0.15, 0.2) is 0 Å². The molecule has 1 aromatic carbocycles. The first kappa shape index (κ1) is 9.97. The summed E-state index contributed by atoms with van der Waals surface area (Å²) in [5.41, 5.74) is 9.49. The molecule has 2 nitrogen and oxygen atoms in total. The van der Waals surface area contributed by atoms with Crippen LogP contribution in [-0.4, -0.2) is 6.10 Å². The van der Waals surface area contributed by atoms with E-state index in [9.17, 15) is 0 Å². The van der Waals surface area contributed by atoms with Gasteiger partial charge in [-0.05, 0) is 31.0 Å². The van der Waals surface area contributed by atoms with Crippen molar-refractivity contribution in [2.24, 2.45) is 5.73 Å². The topological polar surface area (TPSA) is 35.2 Å². The number of hydrogen-bond donors (Lipinski definition) is 1. The summed E-state index contributed by atoms with van der Waals surface area (Å²) in [6, 6.07) is 3.86. The van der Waals surface area contributed by atoms with Crippen LogP contribution in [-0.2, 0) is 11.3 Å². The van der Waals surface area contributed by atoms with Gasteiger partial charge in [0.25, 0.3) is 0 Å². The Balaban J connectivity index is 2.58. The Morgan fingerprint density at radius 2 is 2.21 bits per heavy atom. The quantitative estimate of drug-likeness (QED) is 0.716. The molecule has 1 aromatic rings. The summed E-state index contributed by atoms with van der Waals surface area (Å²) in [5, 5.41) is 0.757. The molecular weight excluding hydrogens is 198 g/mol. The molecule has 0 unspecified atom stereocenters. The fraction of sp³-hybridized carbons (Fsp3) is 0.455. The first-order valence-corrected chi connectivity index (χ1v) is 5.14. The fourth-order valence-corrected chi connectivity index (χ4v) is 2.14. The SMILES string of the molecule is Cc1ccc(Cl)c2c1[C@H](N)[C@H](C)OC2. The van der Waals surface area contributed by atoms with E-state index >= 15 is 0 Å². The number of hydrogen-bond acceptors (Lipinski definition) is 2. The molecule has 1 aliphatic rings. The largest absolute Gasteiger partial charge is 0.372 e. The van der Waals surface area contributed by atoms with Gasteiger partial charge in [-0.2, -0.15) is 0 Å². The van der Waals surface area contributed by atoms with Crippen LogP contribution >= 0.6 is 11.6 Å². The molecule has 0 aromatic heterocycles. The third-order valence-corrected chi connectivity index (χ3v) is 3.20. The van der Waals surface area contributed by atoms with Gasteiger partial charge >= 0.3 is 0 Å².